The van der Waals surface area contributed by atoms with Gasteiger partial charge in [0.1, 0.15) is 16.4 Å². The fourth-order valence-electron chi connectivity index (χ4n) is 4.31. The summed E-state index contributed by atoms with van der Waals surface area (Å²) in [6, 6.07) is 8.20. The third-order valence-corrected chi connectivity index (χ3v) is 7.58. The van der Waals surface area contributed by atoms with Crippen molar-refractivity contribution in [1.82, 2.24) is 19.8 Å². The average Bonchev–Trinajstić information content (AvgIpc) is 3.47. The van der Waals surface area contributed by atoms with E-state index in [4.69, 9.17) is 23.2 Å². The number of piperazine rings is 1. The second-order valence-corrected chi connectivity index (χ2v) is 9.72. The first-order valence-corrected chi connectivity index (χ1v) is 12.1. The number of benzene rings is 1. The van der Waals surface area contributed by atoms with Gasteiger partial charge in [-0.05, 0) is 43.2 Å². The highest BCUT2D eigenvalue weighted by Gasteiger charge is 2.38. The number of carbonyl (C=O) groups excluding carboxylic acids is 2. The normalized spacial score (nSPS) is 19.1. The molecular formula is C22H21Cl2N5O2S. The largest absolute Gasteiger partial charge is 0.344 e. The molecule has 7 nitrogen and oxygen atoms in total. The highest BCUT2D eigenvalue weighted by Crippen LogP contribution is 2.29. The summed E-state index contributed by atoms with van der Waals surface area (Å²) in [7, 11) is 0. The molecule has 2 aromatic heterocycles. The van der Waals surface area contributed by atoms with Gasteiger partial charge in [-0.3, -0.25) is 9.59 Å². The van der Waals surface area contributed by atoms with Crippen LogP contribution in [0.15, 0.2) is 36.5 Å². The number of rotatable bonds is 3. The van der Waals surface area contributed by atoms with E-state index in [2.05, 4.69) is 14.9 Å². The first kappa shape index (κ1) is 21.4. The number of halogens is 2. The molecular weight excluding hydrogens is 469 g/mol. The van der Waals surface area contributed by atoms with E-state index in [0.717, 1.165) is 21.9 Å². The van der Waals surface area contributed by atoms with Crippen molar-refractivity contribution in [3.8, 4) is 0 Å². The van der Waals surface area contributed by atoms with Crippen molar-refractivity contribution in [1.29, 1.82) is 0 Å². The SMILES string of the molecule is O=C(C1CCCN1C(=O)c1cc(Cl)ccc1Cl)N1CCN(c2nc3cccnc3s2)CC1. The lowest BCUT2D eigenvalue weighted by Gasteiger charge is -2.37. The summed E-state index contributed by atoms with van der Waals surface area (Å²) in [5.41, 5.74) is 1.24. The number of amides is 2. The maximum Gasteiger partial charge on any atom is 0.256 e. The zero-order valence-electron chi connectivity index (χ0n) is 17.2. The fourth-order valence-corrected chi connectivity index (χ4v) is 5.64. The Morgan fingerprint density at radius 3 is 2.66 bits per heavy atom. The van der Waals surface area contributed by atoms with E-state index in [-0.39, 0.29) is 11.8 Å². The molecule has 0 spiro atoms. The smallest absolute Gasteiger partial charge is 0.256 e. The van der Waals surface area contributed by atoms with Crippen LogP contribution >= 0.6 is 34.5 Å². The van der Waals surface area contributed by atoms with Gasteiger partial charge in [0, 0.05) is 43.9 Å². The molecule has 0 N–H and O–H groups in total. The van der Waals surface area contributed by atoms with Crippen molar-refractivity contribution in [2.45, 2.75) is 18.9 Å². The van der Waals surface area contributed by atoms with Crippen LogP contribution in [-0.4, -0.2) is 70.3 Å². The van der Waals surface area contributed by atoms with Crippen LogP contribution in [0.1, 0.15) is 23.2 Å². The van der Waals surface area contributed by atoms with Crippen LogP contribution < -0.4 is 4.90 Å². The van der Waals surface area contributed by atoms with Gasteiger partial charge in [0.2, 0.25) is 5.91 Å². The van der Waals surface area contributed by atoms with Crippen molar-refractivity contribution < 1.29 is 9.59 Å². The zero-order valence-corrected chi connectivity index (χ0v) is 19.5. The number of anilines is 1. The molecule has 0 radical (unpaired) electrons. The van der Waals surface area contributed by atoms with E-state index < -0.39 is 6.04 Å². The van der Waals surface area contributed by atoms with Gasteiger partial charge in [0.05, 0.1) is 10.6 Å². The molecule has 10 heteroatoms. The number of pyridine rings is 1. The molecule has 2 aliphatic heterocycles. The van der Waals surface area contributed by atoms with Crippen LogP contribution in [0.25, 0.3) is 10.3 Å². The number of hydrogen-bond acceptors (Lipinski definition) is 6. The standard InChI is InChI=1S/C22H21Cl2N5O2S/c23-14-5-6-16(24)15(13-14)20(30)29-8-2-4-18(29)21(31)27-9-11-28(12-10-27)22-26-17-3-1-7-25-19(17)32-22/h1,3,5-7,13,18H,2,4,8-12H2. The number of fused-ring (bicyclic) bond motifs is 1. The Morgan fingerprint density at radius 1 is 1.06 bits per heavy atom. The molecule has 2 amide bonds. The van der Waals surface area contributed by atoms with Gasteiger partial charge in [-0.1, -0.05) is 34.5 Å². The molecule has 0 saturated carbocycles. The van der Waals surface area contributed by atoms with Crippen molar-refractivity contribution >= 4 is 61.8 Å². The quantitative estimate of drug-likeness (QED) is 0.556. The van der Waals surface area contributed by atoms with E-state index in [9.17, 15) is 9.59 Å². The lowest BCUT2D eigenvalue weighted by atomic mass is 10.1. The molecule has 4 heterocycles. The van der Waals surface area contributed by atoms with E-state index >= 15 is 0 Å². The lowest BCUT2D eigenvalue weighted by Crippen LogP contribution is -2.54. The molecule has 1 atom stereocenters. The Morgan fingerprint density at radius 2 is 1.88 bits per heavy atom. The first-order chi connectivity index (χ1) is 15.5. The monoisotopic (exact) mass is 489 g/mol. The molecule has 0 bridgehead atoms. The van der Waals surface area contributed by atoms with Crippen LogP contribution in [-0.2, 0) is 4.79 Å². The second kappa shape index (κ2) is 8.84. The van der Waals surface area contributed by atoms with Gasteiger partial charge in [0.25, 0.3) is 5.91 Å². The minimum atomic E-state index is -0.462. The number of likely N-dealkylation sites (tertiary alicyclic amines) is 1. The van der Waals surface area contributed by atoms with Crippen LogP contribution in [0, 0.1) is 0 Å². The third-order valence-electron chi connectivity index (χ3n) is 5.97. The average molecular weight is 490 g/mol. The summed E-state index contributed by atoms with van der Waals surface area (Å²) < 4.78 is 0. The first-order valence-electron chi connectivity index (χ1n) is 10.5. The van der Waals surface area contributed by atoms with Crippen LogP contribution in [0.4, 0.5) is 5.13 Å². The van der Waals surface area contributed by atoms with E-state index in [1.807, 2.05) is 17.0 Å². The number of aromatic nitrogens is 2. The Kier molecular flexibility index (Phi) is 5.92. The summed E-state index contributed by atoms with van der Waals surface area (Å²) in [5.74, 6) is -0.242. The predicted octanol–water partition coefficient (Wildman–Crippen LogP) is 3.95. The Balaban J connectivity index is 1.26. The molecule has 2 aliphatic rings. The summed E-state index contributed by atoms with van der Waals surface area (Å²) in [4.78, 5) is 42.1. The number of carbonyl (C=O) groups is 2. The van der Waals surface area contributed by atoms with Crippen LogP contribution in [0.5, 0.6) is 0 Å². The maximum absolute atomic E-state index is 13.3. The minimum absolute atomic E-state index is 0.000355. The zero-order chi connectivity index (χ0) is 22.2. The molecule has 1 aromatic carbocycles. The molecule has 2 saturated heterocycles. The molecule has 3 aromatic rings. The van der Waals surface area contributed by atoms with Crippen molar-refractivity contribution in [2.75, 3.05) is 37.6 Å². The predicted molar refractivity (Wildman–Crippen MR) is 127 cm³/mol. The molecule has 0 aliphatic carbocycles. The van der Waals surface area contributed by atoms with Crippen LogP contribution in [0.2, 0.25) is 10.0 Å². The highest BCUT2D eigenvalue weighted by atomic mass is 35.5. The molecule has 166 valence electrons. The van der Waals surface area contributed by atoms with Crippen molar-refractivity contribution in [3.05, 3.63) is 52.1 Å². The highest BCUT2D eigenvalue weighted by molar-refractivity contribution is 7.21. The number of hydrogen-bond donors (Lipinski definition) is 0. The van der Waals surface area contributed by atoms with Gasteiger partial charge in [-0.2, -0.15) is 0 Å². The summed E-state index contributed by atoms with van der Waals surface area (Å²) in [6.07, 6.45) is 3.22. The topological polar surface area (TPSA) is 69.6 Å². The third kappa shape index (κ3) is 4.02. The van der Waals surface area contributed by atoms with Crippen molar-refractivity contribution in [3.63, 3.8) is 0 Å². The minimum Gasteiger partial charge on any atom is -0.344 e. The maximum atomic E-state index is 13.3. The molecule has 2 fully saturated rings. The van der Waals surface area contributed by atoms with Gasteiger partial charge in [-0.15, -0.1) is 0 Å². The molecule has 5 rings (SSSR count). The Bertz CT molecular complexity index is 1150. The Labute approximate surface area is 199 Å². The van der Waals surface area contributed by atoms with Gasteiger partial charge in [-0.25, -0.2) is 9.97 Å². The van der Waals surface area contributed by atoms with Crippen LogP contribution in [0.3, 0.4) is 0 Å². The Hall–Kier alpha value is -2.42. The van der Waals surface area contributed by atoms with E-state index in [1.165, 1.54) is 0 Å². The van der Waals surface area contributed by atoms with Gasteiger partial charge < -0.3 is 14.7 Å². The van der Waals surface area contributed by atoms with Crippen molar-refractivity contribution in [2.24, 2.45) is 0 Å². The van der Waals surface area contributed by atoms with E-state index in [0.29, 0.717) is 54.8 Å². The summed E-state index contributed by atoms with van der Waals surface area (Å²) in [6.45, 7) is 3.13. The lowest BCUT2D eigenvalue weighted by molar-refractivity contribution is -0.135. The second-order valence-electron chi connectivity index (χ2n) is 7.92. The summed E-state index contributed by atoms with van der Waals surface area (Å²) >= 11 is 13.9. The van der Waals surface area contributed by atoms with E-state index in [1.54, 1.807) is 40.6 Å². The molecule has 1 unspecified atom stereocenters. The molecule has 32 heavy (non-hydrogen) atoms. The van der Waals surface area contributed by atoms with Gasteiger partial charge >= 0.3 is 0 Å². The fraction of sp³-hybridized carbons (Fsp3) is 0.364. The summed E-state index contributed by atoms with van der Waals surface area (Å²) in [5, 5.41) is 1.72. The number of nitrogens with zero attached hydrogens (tertiary/aromatic N) is 5. The van der Waals surface area contributed by atoms with Gasteiger partial charge in [0.15, 0.2) is 5.13 Å². The number of thiazole rings is 1.